The lowest BCUT2D eigenvalue weighted by atomic mass is 9.85. The molecule has 2 aromatic rings. The number of benzene rings is 2. The number of hydrogen-bond donors (Lipinski definition) is 0. The second-order valence-corrected chi connectivity index (χ2v) is 9.16. The van der Waals surface area contributed by atoms with Gasteiger partial charge in [-0.05, 0) is 78.5 Å². The summed E-state index contributed by atoms with van der Waals surface area (Å²) >= 11 is 4.02. The number of rotatable bonds is 5. The Labute approximate surface area is 162 Å². The summed E-state index contributed by atoms with van der Waals surface area (Å²) in [5, 5.41) is 1.12. The van der Waals surface area contributed by atoms with E-state index in [2.05, 4.69) is 62.8 Å². The van der Waals surface area contributed by atoms with Crippen LogP contribution in [0.2, 0.25) is 0 Å². The van der Waals surface area contributed by atoms with Gasteiger partial charge in [0, 0.05) is 10.5 Å². The third-order valence-electron chi connectivity index (χ3n) is 5.65. The minimum Gasteiger partial charge on any atom is -0.157 e. The molecule has 0 aliphatic heterocycles. The molecule has 2 heteroatoms. The first kappa shape index (κ1) is 18.9. The van der Waals surface area contributed by atoms with Gasteiger partial charge in [-0.2, -0.15) is 23.5 Å². The van der Waals surface area contributed by atoms with Crippen molar-refractivity contribution in [1.29, 1.82) is 0 Å². The Bertz CT molecular complexity index is 720. The van der Waals surface area contributed by atoms with Gasteiger partial charge in [-0.1, -0.05) is 49.7 Å². The number of hydrogen-bond acceptors (Lipinski definition) is 2. The molecular weight excluding hydrogens is 340 g/mol. The maximum absolute atomic E-state index is 2.39. The summed E-state index contributed by atoms with van der Waals surface area (Å²) < 4.78 is 0. The second-order valence-electron chi connectivity index (χ2n) is 7.08. The van der Waals surface area contributed by atoms with Crippen molar-refractivity contribution in [3.8, 4) is 0 Å². The van der Waals surface area contributed by atoms with E-state index in [0.717, 1.165) is 12.8 Å². The van der Waals surface area contributed by atoms with Gasteiger partial charge in [0.15, 0.2) is 0 Å². The van der Waals surface area contributed by atoms with Crippen LogP contribution < -0.4 is 0 Å². The predicted molar refractivity (Wildman–Crippen MR) is 116 cm³/mol. The fourth-order valence-electron chi connectivity index (χ4n) is 4.12. The summed E-state index contributed by atoms with van der Waals surface area (Å²) in [6, 6.07) is 14.0. The lowest BCUT2D eigenvalue weighted by Gasteiger charge is -2.28. The molecule has 0 radical (unpaired) electrons. The number of unbranched alkanes of at least 4 members (excludes halogenated alkanes) is 1. The van der Waals surface area contributed by atoms with Gasteiger partial charge in [-0.3, -0.25) is 0 Å². The van der Waals surface area contributed by atoms with Crippen LogP contribution in [-0.4, -0.2) is 12.5 Å². The molecule has 0 aromatic heterocycles. The van der Waals surface area contributed by atoms with Gasteiger partial charge >= 0.3 is 0 Å². The van der Waals surface area contributed by atoms with Crippen LogP contribution in [0.15, 0.2) is 36.4 Å². The second kappa shape index (κ2) is 8.68. The Hall–Kier alpha value is -0.860. The molecule has 134 valence electrons. The van der Waals surface area contributed by atoms with Gasteiger partial charge in [0.1, 0.15) is 0 Å². The van der Waals surface area contributed by atoms with Crippen LogP contribution in [0.25, 0.3) is 0 Å². The maximum Gasteiger partial charge on any atom is 0.0337 e. The van der Waals surface area contributed by atoms with Crippen LogP contribution >= 0.6 is 23.5 Å². The van der Waals surface area contributed by atoms with Crippen molar-refractivity contribution < 1.29 is 0 Å². The summed E-state index contributed by atoms with van der Waals surface area (Å²) in [6.07, 6.45) is 10.6. The van der Waals surface area contributed by atoms with E-state index < -0.39 is 0 Å². The zero-order valence-corrected chi connectivity index (χ0v) is 17.6. The minimum atomic E-state index is 0.557. The van der Waals surface area contributed by atoms with E-state index in [0.29, 0.717) is 10.5 Å². The molecule has 0 heterocycles. The molecule has 0 fully saturated rings. The van der Waals surface area contributed by atoms with Crippen molar-refractivity contribution in [3.05, 3.63) is 69.8 Å². The van der Waals surface area contributed by atoms with Gasteiger partial charge < -0.3 is 0 Å². The van der Waals surface area contributed by atoms with Gasteiger partial charge in [-0.25, -0.2) is 0 Å². The van der Waals surface area contributed by atoms with E-state index in [1.54, 1.807) is 22.3 Å². The largest absolute Gasteiger partial charge is 0.157 e. The summed E-state index contributed by atoms with van der Waals surface area (Å²) in [5.74, 6) is 0. The van der Waals surface area contributed by atoms with E-state index in [-0.39, 0.29) is 0 Å². The molecule has 0 nitrogen and oxygen atoms in total. The van der Waals surface area contributed by atoms with Crippen molar-refractivity contribution in [1.82, 2.24) is 0 Å². The molecular formula is C23H30S2. The Balaban J connectivity index is 2.15. The highest BCUT2D eigenvalue weighted by Gasteiger charge is 2.24. The third kappa shape index (κ3) is 3.95. The summed E-state index contributed by atoms with van der Waals surface area (Å²) in [5.41, 5.74) is 9.40. The summed E-state index contributed by atoms with van der Waals surface area (Å²) in [7, 11) is 0. The number of fused-ring (bicyclic) bond motifs is 4. The summed E-state index contributed by atoms with van der Waals surface area (Å²) in [4.78, 5) is 0. The molecule has 25 heavy (non-hydrogen) atoms. The molecule has 2 atom stereocenters. The highest BCUT2D eigenvalue weighted by molar-refractivity contribution is 7.99. The van der Waals surface area contributed by atoms with Gasteiger partial charge in [0.2, 0.25) is 0 Å². The van der Waals surface area contributed by atoms with Crippen molar-refractivity contribution in [2.75, 3.05) is 12.5 Å². The van der Waals surface area contributed by atoms with Gasteiger partial charge in [-0.15, -0.1) is 0 Å². The first-order valence-electron chi connectivity index (χ1n) is 9.44. The number of thioether (sulfide) groups is 2. The van der Waals surface area contributed by atoms with E-state index in [9.17, 15) is 0 Å². The molecule has 0 spiro atoms. The van der Waals surface area contributed by atoms with Crippen LogP contribution in [0.3, 0.4) is 0 Å². The predicted octanol–water partition coefficient (Wildman–Crippen LogP) is 6.94. The molecule has 1 aliphatic carbocycles. The minimum absolute atomic E-state index is 0.557. The Morgan fingerprint density at radius 3 is 2.16 bits per heavy atom. The molecule has 0 saturated carbocycles. The monoisotopic (exact) mass is 370 g/mol. The topological polar surface area (TPSA) is 0 Å². The highest BCUT2D eigenvalue weighted by Crippen LogP contribution is 2.41. The van der Waals surface area contributed by atoms with E-state index in [1.165, 1.54) is 30.4 Å². The van der Waals surface area contributed by atoms with Crippen LogP contribution in [0.4, 0.5) is 0 Å². The Morgan fingerprint density at radius 2 is 1.48 bits per heavy atom. The zero-order chi connectivity index (χ0) is 17.8. The lowest BCUT2D eigenvalue weighted by molar-refractivity contribution is 0.760. The van der Waals surface area contributed by atoms with Crippen molar-refractivity contribution in [2.45, 2.75) is 56.5 Å². The normalized spacial score (nSPS) is 19.7. The summed E-state index contributed by atoms with van der Waals surface area (Å²) in [6.45, 7) is 4.63. The van der Waals surface area contributed by atoms with Crippen LogP contribution in [0.5, 0.6) is 0 Å². The fourth-order valence-corrected chi connectivity index (χ4v) is 5.80. The molecule has 0 saturated heterocycles. The standard InChI is InChI=1S/C23H30S2/c1-5-6-11-20-18-10-8-13-21(20)23(25-4)14-17-9-7-12-19(16(17)2)22(15-18)24-3/h7-10,12-13,22-23H,5-6,11,14-15H2,1-4H3. The molecule has 0 amide bonds. The molecule has 2 aromatic carbocycles. The smallest absolute Gasteiger partial charge is 0.0337 e. The fraction of sp³-hybridized carbons (Fsp3) is 0.478. The van der Waals surface area contributed by atoms with E-state index in [1.807, 2.05) is 23.5 Å². The molecule has 3 rings (SSSR count). The van der Waals surface area contributed by atoms with E-state index >= 15 is 0 Å². The average Bonchev–Trinajstić information content (AvgIpc) is 2.63. The molecule has 1 aliphatic rings. The maximum atomic E-state index is 2.39. The first-order valence-corrected chi connectivity index (χ1v) is 12.0. The molecule has 0 N–H and O–H groups in total. The first-order chi connectivity index (χ1) is 12.2. The van der Waals surface area contributed by atoms with Crippen LogP contribution in [-0.2, 0) is 19.3 Å². The Morgan fingerprint density at radius 1 is 0.880 bits per heavy atom. The highest BCUT2D eigenvalue weighted by atomic mass is 32.2. The van der Waals surface area contributed by atoms with Crippen molar-refractivity contribution in [3.63, 3.8) is 0 Å². The molecule has 4 bridgehead atoms. The Kier molecular flexibility index (Phi) is 6.57. The van der Waals surface area contributed by atoms with Gasteiger partial charge in [0.25, 0.3) is 0 Å². The van der Waals surface area contributed by atoms with Gasteiger partial charge in [0.05, 0.1) is 0 Å². The average molecular weight is 371 g/mol. The van der Waals surface area contributed by atoms with Crippen molar-refractivity contribution >= 4 is 23.5 Å². The van der Waals surface area contributed by atoms with Crippen LogP contribution in [0, 0.1) is 6.92 Å². The zero-order valence-electron chi connectivity index (χ0n) is 16.0. The molecule has 2 unspecified atom stereocenters. The third-order valence-corrected chi connectivity index (χ3v) is 7.63. The van der Waals surface area contributed by atoms with Crippen molar-refractivity contribution in [2.24, 2.45) is 0 Å². The van der Waals surface area contributed by atoms with E-state index in [4.69, 9.17) is 0 Å². The lowest BCUT2D eigenvalue weighted by Crippen LogP contribution is -2.12. The SMILES string of the molecule is CCCCc1c2cccc1C(SC)Cc1cccc(c1C)C(SC)C2. The quantitative estimate of drug-likeness (QED) is 0.559. The van der Waals surface area contributed by atoms with Crippen LogP contribution in [0.1, 0.15) is 63.6 Å².